The van der Waals surface area contributed by atoms with Crippen LogP contribution in [0.3, 0.4) is 0 Å². The highest BCUT2D eigenvalue weighted by Crippen LogP contribution is 2.52. The maximum Gasteiger partial charge on any atom is 0.0731 e. The van der Waals surface area contributed by atoms with Crippen LogP contribution in [0.25, 0.3) is 0 Å². The first-order valence-electron chi connectivity index (χ1n) is 6.97. The highest BCUT2D eigenvalue weighted by atomic mass is 16.3. The second-order valence-corrected chi connectivity index (χ2v) is 6.91. The van der Waals surface area contributed by atoms with Gasteiger partial charge in [-0.15, -0.1) is 0 Å². The summed E-state index contributed by atoms with van der Waals surface area (Å²) in [6.45, 7) is 6.44. The molecule has 1 aliphatic heterocycles. The Balaban J connectivity index is 2.22. The van der Waals surface area contributed by atoms with Gasteiger partial charge in [-0.2, -0.15) is 0 Å². The van der Waals surface area contributed by atoms with Crippen molar-refractivity contribution < 1.29 is 10.2 Å². The van der Waals surface area contributed by atoms with E-state index < -0.39 is 5.60 Å². The standard InChI is InChI=1S/C14H27NO2/c1-12(2)4-3-5-14(17,10-12)13(11-16)6-8-15-9-7-13/h15-17H,3-11H2,1-2H3. The zero-order valence-electron chi connectivity index (χ0n) is 11.3. The molecule has 1 saturated heterocycles. The minimum Gasteiger partial charge on any atom is -0.396 e. The van der Waals surface area contributed by atoms with Crippen LogP contribution in [0, 0.1) is 10.8 Å². The number of aliphatic hydroxyl groups is 2. The van der Waals surface area contributed by atoms with E-state index in [4.69, 9.17) is 0 Å². The molecule has 3 nitrogen and oxygen atoms in total. The highest BCUT2D eigenvalue weighted by molar-refractivity contribution is 5.05. The zero-order valence-corrected chi connectivity index (χ0v) is 11.3. The molecule has 0 radical (unpaired) electrons. The monoisotopic (exact) mass is 241 g/mol. The summed E-state index contributed by atoms with van der Waals surface area (Å²) in [5, 5.41) is 24.3. The van der Waals surface area contributed by atoms with Crippen LogP contribution in [0.15, 0.2) is 0 Å². The molecule has 0 aromatic carbocycles. The number of nitrogens with one attached hydrogen (secondary N) is 1. The van der Waals surface area contributed by atoms with Gasteiger partial charge < -0.3 is 15.5 Å². The molecule has 17 heavy (non-hydrogen) atoms. The third kappa shape index (κ3) is 2.38. The Morgan fingerprint density at radius 2 is 1.71 bits per heavy atom. The average molecular weight is 241 g/mol. The molecular formula is C14H27NO2. The summed E-state index contributed by atoms with van der Waals surface area (Å²) in [4.78, 5) is 0. The molecule has 3 N–H and O–H groups in total. The molecule has 1 atom stereocenters. The Morgan fingerprint density at radius 3 is 2.24 bits per heavy atom. The molecular weight excluding hydrogens is 214 g/mol. The van der Waals surface area contributed by atoms with Crippen LogP contribution in [0.4, 0.5) is 0 Å². The van der Waals surface area contributed by atoms with Crippen molar-refractivity contribution in [3.8, 4) is 0 Å². The van der Waals surface area contributed by atoms with Gasteiger partial charge in [0.25, 0.3) is 0 Å². The van der Waals surface area contributed by atoms with Crippen LogP contribution >= 0.6 is 0 Å². The fourth-order valence-electron chi connectivity index (χ4n) is 3.96. The third-order valence-electron chi connectivity index (χ3n) is 5.07. The molecule has 0 amide bonds. The van der Waals surface area contributed by atoms with E-state index in [0.29, 0.717) is 0 Å². The van der Waals surface area contributed by atoms with Crippen LogP contribution in [-0.2, 0) is 0 Å². The van der Waals surface area contributed by atoms with Crippen molar-refractivity contribution in [3.05, 3.63) is 0 Å². The van der Waals surface area contributed by atoms with Crippen molar-refractivity contribution in [2.45, 2.75) is 58.0 Å². The molecule has 1 heterocycles. The Morgan fingerprint density at radius 1 is 1.06 bits per heavy atom. The predicted molar refractivity (Wildman–Crippen MR) is 68.8 cm³/mol. The van der Waals surface area contributed by atoms with Gasteiger partial charge in [-0.1, -0.05) is 20.3 Å². The number of hydrogen-bond donors (Lipinski definition) is 3. The van der Waals surface area contributed by atoms with Gasteiger partial charge in [0.2, 0.25) is 0 Å². The van der Waals surface area contributed by atoms with Crippen molar-refractivity contribution in [1.29, 1.82) is 0 Å². The minimum absolute atomic E-state index is 0.126. The summed E-state index contributed by atoms with van der Waals surface area (Å²) in [5.41, 5.74) is -0.721. The van der Waals surface area contributed by atoms with Crippen molar-refractivity contribution in [2.24, 2.45) is 10.8 Å². The molecule has 0 bridgehead atoms. The molecule has 0 aromatic heterocycles. The highest BCUT2D eigenvalue weighted by Gasteiger charge is 2.53. The van der Waals surface area contributed by atoms with E-state index in [9.17, 15) is 10.2 Å². The normalized spacial score (nSPS) is 36.7. The van der Waals surface area contributed by atoms with Gasteiger partial charge in [0.1, 0.15) is 0 Å². The number of rotatable bonds is 2. The second kappa shape index (κ2) is 4.52. The van der Waals surface area contributed by atoms with E-state index in [1.165, 1.54) is 6.42 Å². The van der Waals surface area contributed by atoms with E-state index in [0.717, 1.165) is 45.2 Å². The van der Waals surface area contributed by atoms with E-state index in [2.05, 4.69) is 19.2 Å². The fourth-order valence-corrected chi connectivity index (χ4v) is 3.96. The van der Waals surface area contributed by atoms with Gasteiger partial charge in [0.05, 0.1) is 12.2 Å². The van der Waals surface area contributed by atoms with E-state index in [1.54, 1.807) is 0 Å². The lowest BCUT2D eigenvalue weighted by Crippen LogP contribution is -2.58. The van der Waals surface area contributed by atoms with Crippen LogP contribution in [0.1, 0.15) is 52.4 Å². The van der Waals surface area contributed by atoms with Crippen LogP contribution in [0.2, 0.25) is 0 Å². The molecule has 2 rings (SSSR count). The van der Waals surface area contributed by atoms with E-state index in [1.807, 2.05) is 0 Å². The summed E-state index contributed by atoms with van der Waals surface area (Å²) in [6, 6.07) is 0. The van der Waals surface area contributed by atoms with Crippen molar-refractivity contribution >= 4 is 0 Å². The maximum atomic E-state index is 11.1. The van der Waals surface area contributed by atoms with Crippen molar-refractivity contribution in [3.63, 3.8) is 0 Å². The van der Waals surface area contributed by atoms with Gasteiger partial charge in [0, 0.05) is 5.41 Å². The van der Waals surface area contributed by atoms with Crippen molar-refractivity contribution in [1.82, 2.24) is 5.32 Å². The van der Waals surface area contributed by atoms with Crippen LogP contribution in [0.5, 0.6) is 0 Å². The average Bonchev–Trinajstić information content (AvgIpc) is 2.28. The molecule has 2 fully saturated rings. The van der Waals surface area contributed by atoms with Gasteiger partial charge in [0.15, 0.2) is 0 Å². The quantitative estimate of drug-likeness (QED) is 0.689. The SMILES string of the molecule is CC1(C)CCCC(O)(C2(CO)CCNCC2)C1. The molecule has 100 valence electrons. The Kier molecular flexibility index (Phi) is 3.54. The first-order chi connectivity index (χ1) is 7.93. The summed E-state index contributed by atoms with van der Waals surface area (Å²) in [7, 11) is 0. The first-order valence-corrected chi connectivity index (χ1v) is 6.97. The van der Waals surface area contributed by atoms with Crippen molar-refractivity contribution in [2.75, 3.05) is 19.7 Å². The Bertz CT molecular complexity index is 271. The van der Waals surface area contributed by atoms with Gasteiger partial charge in [-0.05, 0) is 50.6 Å². The summed E-state index contributed by atoms with van der Waals surface area (Å²) in [6.07, 6.45) is 5.76. The van der Waals surface area contributed by atoms with E-state index >= 15 is 0 Å². The summed E-state index contributed by atoms with van der Waals surface area (Å²) in [5.74, 6) is 0. The summed E-state index contributed by atoms with van der Waals surface area (Å²) >= 11 is 0. The molecule has 0 spiro atoms. The lowest BCUT2D eigenvalue weighted by molar-refractivity contribution is -0.163. The third-order valence-corrected chi connectivity index (χ3v) is 5.07. The number of piperidine rings is 1. The maximum absolute atomic E-state index is 11.1. The number of aliphatic hydroxyl groups excluding tert-OH is 1. The van der Waals surface area contributed by atoms with Gasteiger partial charge in [-0.25, -0.2) is 0 Å². The second-order valence-electron chi connectivity index (χ2n) is 6.91. The predicted octanol–water partition coefficient (Wildman–Crippen LogP) is 1.68. The topological polar surface area (TPSA) is 52.5 Å². The largest absolute Gasteiger partial charge is 0.396 e. The first kappa shape index (κ1) is 13.3. The Hall–Kier alpha value is -0.120. The van der Waals surface area contributed by atoms with Gasteiger partial charge in [-0.3, -0.25) is 0 Å². The lowest BCUT2D eigenvalue weighted by Gasteiger charge is -2.54. The van der Waals surface area contributed by atoms with Gasteiger partial charge >= 0.3 is 0 Å². The minimum atomic E-state index is -0.661. The Labute approximate surface area is 105 Å². The van der Waals surface area contributed by atoms with E-state index in [-0.39, 0.29) is 17.4 Å². The van der Waals surface area contributed by atoms with Crippen LogP contribution in [-0.4, -0.2) is 35.5 Å². The molecule has 0 aromatic rings. The molecule has 3 heteroatoms. The molecule has 1 saturated carbocycles. The molecule has 1 unspecified atom stereocenters. The fraction of sp³-hybridized carbons (Fsp3) is 1.00. The summed E-state index contributed by atoms with van der Waals surface area (Å²) < 4.78 is 0. The smallest absolute Gasteiger partial charge is 0.0731 e. The molecule has 2 aliphatic rings. The van der Waals surface area contributed by atoms with Crippen LogP contribution < -0.4 is 5.32 Å². The lowest BCUT2D eigenvalue weighted by atomic mass is 9.56. The zero-order chi connectivity index (χ0) is 12.6. The number of hydrogen-bond acceptors (Lipinski definition) is 3. The molecule has 1 aliphatic carbocycles.